The minimum absolute atomic E-state index is 0.236. The highest BCUT2D eigenvalue weighted by Crippen LogP contribution is 2.18. The van der Waals surface area contributed by atoms with Crippen LogP contribution in [0.5, 0.6) is 0 Å². The van der Waals surface area contributed by atoms with Gasteiger partial charge in [-0.3, -0.25) is 4.79 Å². The van der Waals surface area contributed by atoms with Crippen molar-refractivity contribution in [2.45, 2.75) is 13.8 Å². The van der Waals surface area contributed by atoms with Gasteiger partial charge in [0.25, 0.3) is 5.91 Å². The molecule has 1 aromatic heterocycles. The number of halogens is 1. The molecule has 1 N–H and O–H groups in total. The summed E-state index contributed by atoms with van der Waals surface area (Å²) in [5.74, 6) is -0.298. The summed E-state index contributed by atoms with van der Waals surface area (Å²) in [5.41, 5.74) is 3.17. The van der Waals surface area contributed by atoms with E-state index in [0.717, 1.165) is 16.8 Å². The van der Waals surface area contributed by atoms with Gasteiger partial charge >= 0.3 is 0 Å². The van der Waals surface area contributed by atoms with Crippen LogP contribution in [0.15, 0.2) is 30.3 Å². The van der Waals surface area contributed by atoms with Crippen molar-refractivity contribution >= 4 is 23.2 Å². The van der Waals surface area contributed by atoms with Crippen molar-refractivity contribution in [1.29, 1.82) is 0 Å². The second kappa shape index (κ2) is 5.14. The first-order chi connectivity index (χ1) is 8.58. The van der Waals surface area contributed by atoms with Crippen LogP contribution >= 0.6 is 11.6 Å². The molecule has 1 heterocycles. The Morgan fingerprint density at radius 3 is 2.61 bits per heavy atom. The van der Waals surface area contributed by atoms with Gasteiger partial charge in [0.2, 0.25) is 0 Å². The molecule has 0 bridgehead atoms. The molecule has 0 saturated carbocycles. The topological polar surface area (TPSA) is 54.9 Å². The highest BCUT2D eigenvalue weighted by molar-refractivity contribution is 6.29. The predicted molar refractivity (Wildman–Crippen MR) is 70.9 cm³/mol. The number of benzene rings is 1. The summed E-state index contributed by atoms with van der Waals surface area (Å²) in [6.07, 6.45) is 0. The zero-order chi connectivity index (χ0) is 13.1. The number of carbonyl (C=O) groups is 1. The van der Waals surface area contributed by atoms with E-state index < -0.39 is 0 Å². The lowest BCUT2D eigenvalue weighted by atomic mass is 10.1. The van der Waals surface area contributed by atoms with Gasteiger partial charge in [-0.15, -0.1) is 10.2 Å². The van der Waals surface area contributed by atoms with Gasteiger partial charge in [0.1, 0.15) is 0 Å². The highest BCUT2D eigenvalue weighted by Gasteiger charge is 2.10. The Labute approximate surface area is 110 Å². The molecule has 1 amide bonds. The minimum atomic E-state index is -0.298. The molecule has 2 aromatic rings. The van der Waals surface area contributed by atoms with Crippen molar-refractivity contribution < 1.29 is 4.79 Å². The van der Waals surface area contributed by atoms with Gasteiger partial charge in [-0.25, -0.2) is 0 Å². The van der Waals surface area contributed by atoms with E-state index in [0.29, 0.717) is 0 Å². The summed E-state index contributed by atoms with van der Waals surface area (Å²) in [4.78, 5) is 11.9. The number of aryl methyl sites for hydroxylation is 1. The summed E-state index contributed by atoms with van der Waals surface area (Å²) in [6, 6.07) is 8.81. The Bertz CT molecular complexity index is 581. The lowest BCUT2D eigenvalue weighted by Gasteiger charge is -2.09. The van der Waals surface area contributed by atoms with Gasteiger partial charge < -0.3 is 5.32 Å². The third-order valence-electron chi connectivity index (χ3n) is 2.72. The molecule has 0 radical (unpaired) electrons. The number of amides is 1. The van der Waals surface area contributed by atoms with E-state index in [-0.39, 0.29) is 16.8 Å². The fourth-order valence-electron chi connectivity index (χ4n) is 1.51. The molecule has 92 valence electrons. The molecule has 0 spiro atoms. The lowest BCUT2D eigenvalue weighted by molar-refractivity contribution is 0.102. The molecule has 5 heteroatoms. The maximum atomic E-state index is 11.9. The lowest BCUT2D eigenvalue weighted by Crippen LogP contribution is -2.15. The van der Waals surface area contributed by atoms with Crippen LogP contribution in [0.3, 0.4) is 0 Å². The standard InChI is InChI=1S/C13H12ClN3O/c1-8-4-3-5-10(9(8)2)15-13(18)11-6-7-12(14)17-16-11/h3-7H,1-2H3,(H,15,18). The molecule has 0 aliphatic rings. The fourth-order valence-corrected chi connectivity index (χ4v) is 1.61. The van der Waals surface area contributed by atoms with E-state index in [1.54, 1.807) is 0 Å². The van der Waals surface area contributed by atoms with Crippen molar-refractivity contribution in [3.63, 3.8) is 0 Å². The first-order valence-corrected chi connectivity index (χ1v) is 5.82. The average Bonchev–Trinajstić information content (AvgIpc) is 2.36. The van der Waals surface area contributed by atoms with Gasteiger partial charge in [-0.05, 0) is 43.2 Å². The van der Waals surface area contributed by atoms with E-state index in [9.17, 15) is 4.79 Å². The molecular weight excluding hydrogens is 250 g/mol. The average molecular weight is 262 g/mol. The van der Waals surface area contributed by atoms with Crippen LogP contribution in [0, 0.1) is 13.8 Å². The molecule has 0 fully saturated rings. The van der Waals surface area contributed by atoms with E-state index in [2.05, 4.69) is 15.5 Å². The zero-order valence-electron chi connectivity index (χ0n) is 10.1. The molecule has 0 aliphatic carbocycles. The number of aromatic nitrogens is 2. The normalized spacial score (nSPS) is 10.2. The van der Waals surface area contributed by atoms with Crippen molar-refractivity contribution in [2.75, 3.05) is 5.32 Å². The van der Waals surface area contributed by atoms with E-state index in [1.807, 2.05) is 32.0 Å². The van der Waals surface area contributed by atoms with E-state index in [1.165, 1.54) is 12.1 Å². The summed E-state index contributed by atoms with van der Waals surface area (Å²) in [6.45, 7) is 3.95. The molecule has 1 aromatic carbocycles. The molecule has 0 aliphatic heterocycles. The fraction of sp³-hybridized carbons (Fsp3) is 0.154. The first-order valence-electron chi connectivity index (χ1n) is 5.45. The second-order valence-electron chi connectivity index (χ2n) is 3.94. The third-order valence-corrected chi connectivity index (χ3v) is 2.92. The molecule has 4 nitrogen and oxygen atoms in total. The van der Waals surface area contributed by atoms with Gasteiger partial charge in [-0.2, -0.15) is 0 Å². The van der Waals surface area contributed by atoms with Crippen LogP contribution in [-0.2, 0) is 0 Å². The summed E-state index contributed by atoms with van der Waals surface area (Å²) < 4.78 is 0. The van der Waals surface area contributed by atoms with Crippen LogP contribution in [0.25, 0.3) is 0 Å². The summed E-state index contributed by atoms with van der Waals surface area (Å²) >= 11 is 5.62. The van der Waals surface area contributed by atoms with Crippen LogP contribution in [0.2, 0.25) is 5.15 Å². The van der Waals surface area contributed by atoms with Crippen molar-refractivity contribution in [3.8, 4) is 0 Å². The Morgan fingerprint density at radius 1 is 1.17 bits per heavy atom. The SMILES string of the molecule is Cc1cccc(NC(=O)c2ccc(Cl)nn2)c1C. The Hall–Kier alpha value is -1.94. The molecular formula is C13H12ClN3O. The molecule has 0 unspecified atom stereocenters. The molecule has 18 heavy (non-hydrogen) atoms. The maximum Gasteiger partial charge on any atom is 0.276 e. The van der Waals surface area contributed by atoms with Crippen LogP contribution in [-0.4, -0.2) is 16.1 Å². The number of hydrogen-bond acceptors (Lipinski definition) is 3. The smallest absolute Gasteiger partial charge is 0.276 e. The van der Waals surface area contributed by atoms with Crippen LogP contribution in [0.4, 0.5) is 5.69 Å². The molecule has 2 rings (SSSR count). The zero-order valence-corrected chi connectivity index (χ0v) is 10.8. The Kier molecular flexibility index (Phi) is 3.58. The largest absolute Gasteiger partial charge is 0.320 e. The number of hydrogen-bond donors (Lipinski definition) is 1. The number of nitrogens with one attached hydrogen (secondary N) is 1. The summed E-state index contributed by atoms with van der Waals surface area (Å²) in [7, 11) is 0. The predicted octanol–water partition coefficient (Wildman–Crippen LogP) is 3.00. The van der Waals surface area contributed by atoms with Gasteiger partial charge in [0.15, 0.2) is 10.8 Å². The minimum Gasteiger partial charge on any atom is -0.320 e. The van der Waals surface area contributed by atoms with Crippen molar-refractivity contribution in [1.82, 2.24) is 10.2 Å². The summed E-state index contributed by atoms with van der Waals surface area (Å²) in [5, 5.41) is 10.4. The van der Waals surface area contributed by atoms with Crippen molar-refractivity contribution in [3.05, 3.63) is 52.3 Å². The third kappa shape index (κ3) is 2.65. The first kappa shape index (κ1) is 12.5. The Morgan fingerprint density at radius 2 is 1.94 bits per heavy atom. The molecule has 0 atom stereocenters. The molecule has 0 saturated heterocycles. The van der Waals surface area contributed by atoms with Crippen molar-refractivity contribution in [2.24, 2.45) is 0 Å². The van der Waals surface area contributed by atoms with E-state index in [4.69, 9.17) is 11.6 Å². The second-order valence-corrected chi connectivity index (χ2v) is 4.33. The number of rotatable bonds is 2. The number of carbonyl (C=O) groups excluding carboxylic acids is 1. The Balaban J connectivity index is 2.21. The van der Waals surface area contributed by atoms with Gasteiger partial charge in [0.05, 0.1) is 0 Å². The quantitative estimate of drug-likeness (QED) is 0.904. The van der Waals surface area contributed by atoms with E-state index >= 15 is 0 Å². The number of anilines is 1. The van der Waals surface area contributed by atoms with Gasteiger partial charge in [0, 0.05) is 5.69 Å². The van der Waals surface area contributed by atoms with Gasteiger partial charge in [-0.1, -0.05) is 23.7 Å². The van der Waals surface area contributed by atoms with Crippen LogP contribution < -0.4 is 5.32 Å². The maximum absolute atomic E-state index is 11.9. The monoisotopic (exact) mass is 261 g/mol. The number of nitrogens with zero attached hydrogens (tertiary/aromatic N) is 2. The highest BCUT2D eigenvalue weighted by atomic mass is 35.5. The van der Waals surface area contributed by atoms with Crippen LogP contribution in [0.1, 0.15) is 21.6 Å².